The summed E-state index contributed by atoms with van der Waals surface area (Å²) in [5.41, 5.74) is 3.60. The lowest BCUT2D eigenvalue weighted by molar-refractivity contribution is -0.143. The van der Waals surface area contributed by atoms with Gasteiger partial charge in [-0.05, 0) is 130 Å². The highest BCUT2D eigenvalue weighted by Gasteiger charge is 2.60. The molecule has 3 atom stereocenters. The first-order chi connectivity index (χ1) is 16.6. The molecule has 35 heavy (non-hydrogen) atoms. The van der Waals surface area contributed by atoms with Gasteiger partial charge in [0.05, 0.1) is 5.69 Å². The SMILES string of the molecule is C=Nc1ccc(F)cc1/C(=C\C)C1CCC([C@@H](C)C(=O)NC23CC4CC(C)(CC(C)(C4)C2)C3)CC1. The highest BCUT2D eigenvalue weighted by Crippen LogP contribution is 2.66. The number of aliphatic imine (C=N–C) groups is 1. The number of hydrogen-bond donors (Lipinski definition) is 1. The van der Waals surface area contributed by atoms with Gasteiger partial charge in [-0.25, -0.2) is 4.39 Å². The van der Waals surface area contributed by atoms with E-state index >= 15 is 0 Å². The molecule has 0 spiro atoms. The minimum atomic E-state index is -0.238. The van der Waals surface area contributed by atoms with Gasteiger partial charge in [0.15, 0.2) is 0 Å². The van der Waals surface area contributed by atoms with Gasteiger partial charge in [0.25, 0.3) is 0 Å². The zero-order valence-corrected chi connectivity index (χ0v) is 22.1. The molecule has 1 N–H and O–H groups in total. The van der Waals surface area contributed by atoms with Crippen LogP contribution in [0, 0.1) is 40.3 Å². The predicted molar refractivity (Wildman–Crippen MR) is 142 cm³/mol. The number of rotatable bonds is 6. The molecule has 5 aliphatic rings. The first-order valence-electron chi connectivity index (χ1n) is 13.8. The van der Waals surface area contributed by atoms with Gasteiger partial charge in [0.1, 0.15) is 5.82 Å². The standard InChI is InChI=1S/C31H43FN2O/c1-6-25(26-13-24(32)11-12-27(26)33-5)23-9-7-22(8-10-23)20(2)28(35)34-31-16-21-14-29(3,18-31)17-30(4,15-21)19-31/h6,11-13,20-23H,5,7-10,14-19H2,1-4H3,(H,34,35)/b25-6-/t20-,21?,22?,23?,29?,30?,31?/m1/s1. The van der Waals surface area contributed by atoms with Crippen LogP contribution in [-0.4, -0.2) is 18.2 Å². The largest absolute Gasteiger partial charge is 0.350 e. The quantitative estimate of drug-likeness (QED) is 0.415. The van der Waals surface area contributed by atoms with Crippen LogP contribution in [0.25, 0.3) is 5.57 Å². The van der Waals surface area contributed by atoms with E-state index in [1.54, 1.807) is 12.1 Å². The predicted octanol–water partition coefficient (Wildman–Crippen LogP) is 7.87. The van der Waals surface area contributed by atoms with Crippen molar-refractivity contribution in [3.05, 3.63) is 35.7 Å². The first-order valence-corrected chi connectivity index (χ1v) is 13.8. The normalized spacial score (nSPS) is 39.3. The van der Waals surface area contributed by atoms with Crippen LogP contribution in [0.2, 0.25) is 0 Å². The molecule has 1 amide bonds. The van der Waals surface area contributed by atoms with Gasteiger partial charge in [-0.15, -0.1) is 0 Å². The van der Waals surface area contributed by atoms with Crippen molar-refractivity contribution < 1.29 is 9.18 Å². The maximum absolute atomic E-state index is 14.0. The molecule has 4 heteroatoms. The Hall–Kier alpha value is -1.97. The second kappa shape index (κ2) is 8.85. The summed E-state index contributed by atoms with van der Waals surface area (Å²) in [6.45, 7) is 12.8. The monoisotopic (exact) mass is 478 g/mol. The van der Waals surface area contributed by atoms with Crippen molar-refractivity contribution in [3.63, 3.8) is 0 Å². The Kier molecular flexibility index (Phi) is 6.25. The summed E-state index contributed by atoms with van der Waals surface area (Å²) in [4.78, 5) is 17.7. The molecule has 1 aromatic rings. The van der Waals surface area contributed by atoms with Gasteiger partial charge in [0, 0.05) is 17.0 Å². The topological polar surface area (TPSA) is 41.5 Å². The van der Waals surface area contributed by atoms with Crippen molar-refractivity contribution in [2.45, 2.75) is 97.4 Å². The molecule has 190 valence electrons. The summed E-state index contributed by atoms with van der Waals surface area (Å²) in [7, 11) is 0. The minimum absolute atomic E-state index is 0.0229. The number of halogens is 1. The molecular weight excluding hydrogens is 435 g/mol. The summed E-state index contributed by atoms with van der Waals surface area (Å²) >= 11 is 0. The Labute approximate surface area is 211 Å². The van der Waals surface area contributed by atoms with Gasteiger partial charge in [-0.1, -0.05) is 26.8 Å². The Bertz CT molecular complexity index is 1020. The highest BCUT2D eigenvalue weighted by atomic mass is 19.1. The number of carbonyl (C=O) groups is 1. The Morgan fingerprint density at radius 3 is 2.34 bits per heavy atom. The van der Waals surface area contributed by atoms with Gasteiger partial charge in [0.2, 0.25) is 5.91 Å². The lowest BCUT2D eigenvalue weighted by atomic mass is 9.42. The zero-order valence-electron chi connectivity index (χ0n) is 22.1. The maximum atomic E-state index is 14.0. The lowest BCUT2D eigenvalue weighted by Crippen LogP contribution is -2.65. The Morgan fingerprint density at radius 1 is 1.11 bits per heavy atom. The molecule has 1 aromatic carbocycles. The summed E-state index contributed by atoms with van der Waals surface area (Å²) in [5, 5.41) is 3.65. The van der Waals surface area contributed by atoms with Gasteiger partial charge >= 0.3 is 0 Å². The Balaban J connectivity index is 1.23. The van der Waals surface area contributed by atoms with E-state index in [0.29, 0.717) is 22.7 Å². The summed E-state index contributed by atoms with van der Waals surface area (Å²) in [6, 6.07) is 4.75. The van der Waals surface area contributed by atoms with Crippen molar-refractivity contribution in [2.24, 2.45) is 39.5 Å². The number of allylic oxidation sites excluding steroid dienone is 2. The number of nitrogens with zero attached hydrogens (tertiary/aromatic N) is 1. The zero-order chi connectivity index (χ0) is 25.0. The fourth-order valence-corrected chi connectivity index (χ4v) is 9.60. The van der Waals surface area contributed by atoms with Crippen molar-refractivity contribution in [2.75, 3.05) is 0 Å². The summed E-state index contributed by atoms with van der Waals surface area (Å²) in [5.74, 6) is 1.64. The average molecular weight is 479 g/mol. The third-order valence-corrected chi connectivity index (χ3v) is 10.1. The molecule has 0 radical (unpaired) electrons. The number of hydrogen-bond acceptors (Lipinski definition) is 2. The number of nitrogens with one attached hydrogen (secondary N) is 1. The average Bonchev–Trinajstić information content (AvgIpc) is 2.77. The third kappa shape index (κ3) is 4.62. The molecule has 0 heterocycles. The van der Waals surface area contributed by atoms with Gasteiger partial charge in [-0.3, -0.25) is 9.79 Å². The van der Waals surface area contributed by atoms with Crippen LogP contribution in [0.4, 0.5) is 10.1 Å². The molecule has 5 saturated carbocycles. The van der Waals surface area contributed by atoms with Crippen molar-refractivity contribution in [1.29, 1.82) is 0 Å². The van der Waals surface area contributed by atoms with Crippen LogP contribution in [0.5, 0.6) is 0 Å². The molecule has 5 fully saturated rings. The van der Waals surface area contributed by atoms with Crippen LogP contribution in [0.1, 0.15) is 97.5 Å². The second-order valence-corrected chi connectivity index (χ2v) is 13.4. The van der Waals surface area contributed by atoms with Crippen molar-refractivity contribution in [1.82, 2.24) is 5.32 Å². The third-order valence-electron chi connectivity index (χ3n) is 10.1. The molecule has 3 nitrogen and oxygen atoms in total. The van der Waals surface area contributed by atoms with Crippen LogP contribution >= 0.6 is 0 Å². The van der Waals surface area contributed by atoms with E-state index in [4.69, 9.17) is 0 Å². The fraction of sp³-hybridized carbons (Fsp3) is 0.677. The molecule has 2 unspecified atom stereocenters. The van der Waals surface area contributed by atoms with Crippen LogP contribution in [0.15, 0.2) is 29.3 Å². The van der Waals surface area contributed by atoms with E-state index in [2.05, 4.69) is 43.9 Å². The van der Waals surface area contributed by atoms with E-state index < -0.39 is 0 Å². The molecular formula is C31H43FN2O. The first kappa shape index (κ1) is 24.7. The number of amides is 1. The van der Waals surface area contributed by atoms with Crippen molar-refractivity contribution >= 4 is 23.9 Å². The van der Waals surface area contributed by atoms with E-state index in [1.165, 1.54) is 31.7 Å². The molecule has 4 bridgehead atoms. The molecule has 0 saturated heterocycles. The van der Waals surface area contributed by atoms with Crippen LogP contribution < -0.4 is 5.32 Å². The summed E-state index contributed by atoms with van der Waals surface area (Å²) in [6.07, 6.45) is 13.8. The minimum Gasteiger partial charge on any atom is -0.350 e. The number of carbonyl (C=O) groups excluding carboxylic acids is 1. The highest BCUT2D eigenvalue weighted by molar-refractivity contribution is 5.80. The van der Waals surface area contributed by atoms with Crippen LogP contribution in [-0.2, 0) is 4.79 Å². The number of benzene rings is 1. The van der Waals surface area contributed by atoms with E-state index in [0.717, 1.165) is 61.3 Å². The molecule has 5 aliphatic carbocycles. The lowest BCUT2D eigenvalue weighted by Gasteiger charge is -2.65. The molecule has 0 aliphatic heterocycles. The van der Waals surface area contributed by atoms with Gasteiger partial charge < -0.3 is 5.32 Å². The van der Waals surface area contributed by atoms with E-state index in [-0.39, 0.29) is 23.2 Å². The van der Waals surface area contributed by atoms with Gasteiger partial charge in [-0.2, -0.15) is 0 Å². The molecule has 6 rings (SSSR count). The molecule has 0 aromatic heterocycles. The Morgan fingerprint density at radius 2 is 1.77 bits per heavy atom. The summed E-state index contributed by atoms with van der Waals surface area (Å²) < 4.78 is 14.0. The second-order valence-electron chi connectivity index (χ2n) is 13.4. The maximum Gasteiger partial charge on any atom is 0.223 e. The van der Waals surface area contributed by atoms with E-state index in [9.17, 15) is 9.18 Å². The van der Waals surface area contributed by atoms with Crippen molar-refractivity contribution in [3.8, 4) is 0 Å². The van der Waals surface area contributed by atoms with E-state index in [1.807, 2.05) is 6.92 Å². The fourth-order valence-electron chi connectivity index (χ4n) is 9.60. The smallest absolute Gasteiger partial charge is 0.223 e. The van der Waals surface area contributed by atoms with Crippen LogP contribution in [0.3, 0.4) is 0 Å².